The lowest BCUT2D eigenvalue weighted by atomic mass is 10.1. The van der Waals surface area contributed by atoms with Crippen LogP contribution >= 0.6 is 23.2 Å². The second-order valence-corrected chi connectivity index (χ2v) is 6.22. The maximum atomic E-state index is 11.7. The highest BCUT2D eigenvalue weighted by atomic mass is 35.5. The summed E-state index contributed by atoms with van der Waals surface area (Å²) >= 11 is 12.1. The molecule has 0 spiro atoms. The van der Waals surface area contributed by atoms with Gasteiger partial charge in [-0.1, -0.05) is 35.3 Å². The third-order valence-electron chi connectivity index (χ3n) is 2.65. The zero-order valence-corrected chi connectivity index (χ0v) is 11.0. The van der Waals surface area contributed by atoms with Crippen LogP contribution in [0.15, 0.2) is 18.2 Å². The van der Waals surface area contributed by atoms with Gasteiger partial charge < -0.3 is 5.32 Å². The highest BCUT2D eigenvalue weighted by molar-refractivity contribution is 7.85. The molecule has 2 atom stereocenters. The molecular formula is C11H13Cl2NOS. The van der Waals surface area contributed by atoms with Crippen molar-refractivity contribution < 1.29 is 4.21 Å². The first-order valence-corrected chi connectivity index (χ1v) is 7.45. The molecule has 1 aromatic rings. The quantitative estimate of drug-likeness (QED) is 0.855. The maximum absolute atomic E-state index is 11.7. The Hall–Kier alpha value is -0.0900. The summed E-state index contributed by atoms with van der Waals surface area (Å²) in [5.41, 5.74) is 0.949. The Morgan fingerprint density at radius 2 is 2.19 bits per heavy atom. The zero-order valence-electron chi connectivity index (χ0n) is 8.71. The molecule has 1 aliphatic rings. The molecule has 5 heteroatoms. The van der Waals surface area contributed by atoms with Gasteiger partial charge in [-0.15, -0.1) is 0 Å². The summed E-state index contributed by atoms with van der Waals surface area (Å²) in [4.78, 5) is 0. The fraction of sp³-hybridized carbons (Fsp3) is 0.455. The van der Waals surface area contributed by atoms with Gasteiger partial charge in [0.05, 0.1) is 10.0 Å². The van der Waals surface area contributed by atoms with E-state index in [0.29, 0.717) is 15.8 Å². The van der Waals surface area contributed by atoms with Crippen LogP contribution in [0.2, 0.25) is 10.0 Å². The predicted molar refractivity (Wildman–Crippen MR) is 69.7 cm³/mol. The number of halogens is 2. The second kappa shape index (κ2) is 5.50. The normalized spacial score (nSPS) is 26.4. The van der Waals surface area contributed by atoms with Gasteiger partial charge in [-0.3, -0.25) is 4.21 Å². The lowest BCUT2D eigenvalue weighted by Gasteiger charge is -2.17. The molecule has 1 fully saturated rings. The Kier molecular flexibility index (Phi) is 4.25. The fourth-order valence-electron chi connectivity index (χ4n) is 1.83. The van der Waals surface area contributed by atoms with Gasteiger partial charge in [-0.2, -0.15) is 0 Å². The first-order chi connectivity index (χ1) is 7.68. The monoisotopic (exact) mass is 277 g/mol. The lowest BCUT2D eigenvalue weighted by Crippen LogP contribution is -2.24. The van der Waals surface area contributed by atoms with Crippen LogP contribution in [0.3, 0.4) is 0 Å². The molecule has 1 N–H and O–H groups in total. The SMILES string of the molecule is O=S1CCCNC(c2cccc(Cl)c2Cl)C1. The highest BCUT2D eigenvalue weighted by Gasteiger charge is 2.20. The molecule has 1 saturated heterocycles. The number of nitrogens with one attached hydrogen (secondary N) is 1. The fourth-order valence-corrected chi connectivity index (χ4v) is 3.57. The van der Waals surface area contributed by atoms with Crippen molar-refractivity contribution in [3.05, 3.63) is 33.8 Å². The van der Waals surface area contributed by atoms with E-state index in [-0.39, 0.29) is 6.04 Å². The van der Waals surface area contributed by atoms with Gasteiger partial charge >= 0.3 is 0 Å². The van der Waals surface area contributed by atoms with Crippen molar-refractivity contribution in [1.29, 1.82) is 0 Å². The van der Waals surface area contributed by atoms with Crippen LogP contribution in [-0.2, 0) is 10.8 Å². The van der Waals surface area contributed by atoms with E-state index in [1.807, 2.05) is 12.1 Å². The first-order valence-electron chi connectivity index (χ1n) is 5.21. The van der Waals surface area contributed by atoms with Crippen molar-refractivity contribution in [3.63, 3.8) is 0 Å². The third-order valence-corrected chi connectivity index (χ3v) is 4.93. The van der Waals surface area contributed by atoms with E-state index in [1.165, 1.54) is 0 Å². The van der Waals surface area contributed by atoms with Gasteiger partial charge in [0.2, 0.25) is 0 Å². The van der Waals surface area contributed by atoms with Gasteiger partial charge in [0.25, 0.3) is 0 Å². The summed E-state index contributed by atoms with van der Waals surface area (Å²) < 4.78 is 11.7. The standard InChI is InChI=1S/C11H13Cl2NOS/c12-9-4-1-3-8(11(9)13)10-7-16(15)6-2-5-14-10/h1,3-4,10,14H,2,5-7H2. The zero-order chi connectivity index (χ0) is 11.5. The molecule has 1 aliphatic heterocycles. The number of hydrogen-bond donors (Lipinski definition) is 1. The van der Waals surface area contributed by atoms with Crippen molar-refractivity contribution >= 4 is 34.0 Å². The van der Waals surface area contributed by atoms with Crippen molar-refractivity contribution in [1.82, 2.24) is 5.32 Å². The second-order valence-electron chi connectivity index (χ2n) is 3.81. The summed E-state index contributed by atoms with van der Waals surface area (Å²) in [5, 5.41) is 4.48. The van der Waals surface area contributed by atoms with Crippen LogP contribution in [0.1, 0.15) is 18.0 Å². The van der Waals surface area contributed by atoms with E-state index >= 15 is 0 Å². The van der Waals surface area contributed by atoms with E-state index in [4.69, 9.17) is 23.2 Å². The molecule has 0 aliphatic carbocycles. The summed E-state index contributed by atoms with van der Waals surface area (Å²) in [6.45, 7) is 0.874. The Bertz CT molecular complexity index is 411. The molecule has 1 heterocycles. The summed E-state index contributed by atoms with van der Waals surface area (Å²) in [6.07, 6.45) is 0.946. The Morgan fingerprint density at radius 3 is 3.00 bits per heavy atom. The number of rotatable bonds is 1. The topological polar surface area (TPSA) is 29.1 Å². The van der Waals surface area contributed by atoms with Crippen LogP contribution in [0.4, 0.5) is 0 Å². The molecule has 0 bridgehead atoms. The van der Waals surface area contributed by atoms with E-state index in [9.17, 15) is 4.21 Å². The molecular weight excluding hydrogens is 265 g/mol. The minimum absolute atomic E-state index is 0.0505. The molecule has 2 nitrogen and oxygen atoms in total. The van der Waals surface area contributed by atoms with Crippen LogP contribution in [-0.4, -0.2) is 22.3 Å². The van der Waals surface area contributed by atoms with Crippen molar-refractivity contribution in [2.45, 2.75) is 12.5 Å². The number of benzene rings is 1. The maximum Gasteiger partial charge on any atom is 0.0640 e. The molecule has 88 valence electrons. The van der Waals surface area contributed by atoms with Gasteiger partial charge in [0, 0.05) is 28.3 Å². The molecule has 1 aromatic carbocycles. The molecule has 2 rings (SSSR count). The van der Waals surface area contributed by atoms with E-state index < -0.39 is 10.8 Å². The van der Waals surface area contributed by atoms with Crippen LogP contribution in [0.5, 0.6) is 0 Å². The predicted octanol–water partition coefficient (Wildman–Crippen LogP) is 2.78. The smallest absolute Gasteiger partial charge is 0.0640 e. The van der Waals surface area contributed by atoms with E-state index in [0.717, 1.165) is 24.3 Å². The molecule has 0 aromatic heterocycles. The van der Waals surface area contributed by atoms with Crippen molar-refractivity contribution in [2.75, 3.05) is 18.1 Å². The molecule has 0 saturated carbocycles. The number of hydrogen-bond acceptors (Lipinski definition) is 2. The van der Waals surface area contributed by atoms with E-state index in [2.05, 4.69) is 5.32 Å². The summed E-state index contributed by atoms with van der Waals surface area (Å²) in [6, 6.07) is 5.63. The molecule has 16 heavy (non-hydrogen) atoms. The summed E-state index contributed by atoms with van der Waals surface area (Å²) in [5.74, 6) is 1.38. The van der Waals surface area contributed by atoms with Crippen LogP contribution in [0, 0.1) is 0 Å². The van der Waals surface area contributed by atoms with Crippen molar-refractivity contribution in [3.8, 4) is 0 Å². The molecule has 0 radical (unpaired) electrons. The Balaban J connectivity index is 2.28. The average molecular weight is 278 g/mol. The Morgan fingerprint density at radius 1 is 1.38 bits per heavy atom. The van der Waals surface area contributed by atoms with Crippen LogP contribution < -0.4 is 5.32 Å². The summed E-state index contributed by atoms with van der Waals surface area (Å²) in [7, 11) is -0.767. The molecule has 2 unspecified atom stereocenters. The van der Waals surface area contributed by atoms with Gasteiger partial charge in [0.15, 0.2) is 0 Å². The molecule has 0 amide bonds. The van der Waals surface area contributed by atoms with Crippen LogP contribution in [0.25, 0.3) is 0 Å². The minimum atomic E-state index is -0.767. The highest BCUT2D eigenvalue weighted by Crippen LogP contribution is 2.30. The van der Waals surface area contributed by atoms with Gasteiger partial charge in [-0.25, -0.2) is 0 Å². The van der Waals surface area contributed by atoms with Gasteiger partial charge in [-0.05, 0) is 24.6 Å². The average Bonchev–Trinajstić information content (AvgIpc) is 2.47. The minimum Gasteiger partial charge on any atom is -0.309 e. The van der Waals surface area contributed by atoms with Crippen molar-refractivity contribution in [2.24, 2.45) is 0 Å². The first kappa shape index (κ1) is 12.4. The van der Waals surface area contributed by atoms with Gasteiger partial charge in [0.1, 0.15) is 0 Å². The lowest BCUT2D eigenvalue weighted by molar-refractivity contribution is 0.587. The third kappa shape index (κ3) is 2.77. The Labute approximate surface area is 108 Å². The van der Waals surface area contributed by atoms with E-state index in [1.54, 1.807) is 6.07 Å². The largest absolute Gasteiger partial charge is 0.309 e.